The molecule has 1 aliphatic carbocycles. The van der Waals surface area contributed by atoms with Crippen LogP contribution in [0.1, 0.15) is 33.1 Å². The molecular weight excluding hydrogens is 228 g/mol. The maximum absolute atomic E-state index is 11.9. The molecule has 0 unspecified atom stereocenters. The van der Waals surface area contributed by atoms with Crippen LogP contribution in [-0.2, 0) is 4.79 Å². The Morgan fingerprint density at radius 1 is 1.39 bits per heavy atom. The monoisotopic (exact) mass is 252 g/mol. The van der Waals surface area contributed by atoms with Crippen molar-refractivity contribution in [3.05, 3.63) is 11.3 Å². The highest BCUT2D eigenvalue weighted by Crippen LogP contribution is 2.35. The summed E-state index contributed by atoms with van der Waals surface area (Å²) in [5.74, 6) is 0.188. The average molecular weight is 252 g/mol. The third kappa shape index (κ3) is 4.61. The molecule has 4 nitrogen and oxygen atoms in total. The Kier molecular flexibility index (Phi) is 5.08. The highest BCUT2D eigenvalue weighted by Gasteiger charge is 2.32. The van der Waals surface area contributed by atoms with Gasteiger partial charge in [0.05, 0.1) is 5.57 Å². The Balaban J connectivity index is 2.55. The van der Waals surface area contributed by atoms with Crippen molar-refractivity contribution in [2.75, 3.05) is 27.2 Å². The number of Topliss-reactive ketones (excluding diaryl/α,β-unsaturated/α-hetero) is 1. The number of hydrogen-bond acceptors (Lipinski definition) is 4. The van der Waals surface area contributed by atoms with Gasteiger partial charge in [-0.2, -0.15) is 0 Å². The summed E-state index contributed by atoms with van der Waals surface area (Å²) in [6, 6.07) is 0. The summed E-state index contributed by atoms with van der Waals surface area (Å²) in [5.41, 5.74) is 0.267. The minimum atomic E-state index is -0.135. The van der Waals surface area contributed by atoms with Crippen molar-refractivity contribution in [1.82, 2.24) is 4.90 Å². The first-order chi connectivity index (χ1) is 8.32. The van der Waals surface area contributed by atoms with Gasteiger partial charge in [0.1, 0.15) is 5.76 Å². The lowest BCUT2D eigenvalue weighted by Crippen LogP contribution is -2.26. The van der Waals surface area contributed by atoms with Crippen molar-refractivity contribution in [3.63, 3.8) is 0 Å². The van der Waals surface area contributed by atoms with Crippen molar-refractivity contribution < 1.29 is 9.90 Å². The Labute approximate surface area is 109 Å². The Hall–Kier alpha value is -1.16. The maximum atomic E-state index is 11.9. The molecule has 102 valence electrons. The van der Waals surface area contributed by atoms with Crippen molar-refractivity contribution in [1.29, 1.82) is 0 Å². The van der Waals surface area contributed by atoms with Gasteiger partial charge in [-0.1, -0.05) is 13.8 Å². The Bertz CT molecular complexity index is 368. The standard InChI is InChI=1S/C14H24N2O2/c1-14(2)8-12(17)11(13(18)9-14)10-15-6-5-7-16(3)4/h10,17H,5-9H2,1-4H3. The van der Waals surface area contributed by atoms with E-state index < -0.39 is 0 Å². The van der Waals surface area contributed by atoms with Crippen molar-refractivity contribution >= 4 is 12.0 Å². The quantitative estimate of drug-likeness (QED) is 0.603. The van der Waals surface area contributed by atoms with Crippen LogP contribution in [0, 0.1) is 5.41 Å². The zero-order valence-electron chi connectivity index (χ0n) is 11.9. The van der Waals surface area contributed by atoms with Crippen molar-refractivity contribution in [3.8, 4) is 0 Å². The van der Waals surface area contributed by atoms with Crippen LogP contribution in [0.2, 0.25) is 0 Å². The number of allylic oxidation sites excluding steroid dienone is 2. The fourth-order valence-corrected chi connectivity index (χ4v) is 2.08. The first-order valence-electron chi connectivity index (χ1n) is 6.42. The molecule has 0 saturated carbocycles. The first-order valence-corrected chi connectivity index (χ1v) is 6.42. The van der Waals surface area contributed by atoms with E-state index in [1.165, 1.54) is 0 Å². The van der Waals surface area contributed by atoms with E-state index in [9.17, 15) is 9.90 Å². The van der Waals surface area contributed by atoms with Crippen molar-refractivity contribution in [2.24, 2.45) is 10.4 Å². The van der Waals surface area contributed by atoms with Gasteiger partial charge in [-0.15, -0.1) is 0 Å². The third-order valence-electron chi connectivity index (χ3n) is 3.01. The van der Waals surface area contributed by atoms with Crippen LogP contribution in [-0.4, -0.2) is 49.2 Å². The molecule has 0 aliphatic heterocycles. The number of carbonyl (C=O) groups excluding carboxylic acids is 1. The molecule has 0 aromatic heterocycles. The first kappa shape index (κ1) is 14.9. The second-order valence-electron chi connectivity index (χ2n) is 5.99. The van der Waals surface area contributed by atoms with Crippen LogP contribution >= 0.6 is 0 Å². The summed E-state index contributed by atoms with van der Waals surface area (Å²) in [7, 11) is 4.04. The minimum absolute atomic E-state index is 0.000101. The number of aliphatic hydroxyl groups excluding tert-OH is 1. The lowest BCUT2D eigenvalue weighted by molar-refractivity contribution is -0.117. The molecule has 0 spiro atoms. The number of aliphatic imine (C=N–C) groups is 1. The highest BCUT2D eigenvalue weighted by molar-refractivity contribution is 6.14. The van der Waals surface area contributed by atoms with Gasteiger partial charge in [0.25, 0.3) is 0 Å². The van der Waals surface area contributed by atoms with Gasteiger partial charge in [-0.3, -0.25) is 9.79 Å². The SMILES string of the molecule is CN(C)CCCN=CC1=C(O)CC(C)(C)CC1=O. The van der Waals surface area contributed by atoms with Crippen molar-refractivity contribution in [2.45, 2.75) is 33.1 Å². The molecule has 0 amide bonds. The molecule has 1 rings (SSSR count). The molecule has 1 aliphatic rings. The van der Waals surface area contributed by atoms with E-state index in [4.69, 9.17) is 0 Å². The topological polar surface area (TPSA) is 52.9 Å². The van der Waals surface area contributed by atoms with E-state index in [0.717, 1.165) is 13.0 Å². The molecule has 0 saturated heterocycles. The summed E-state index contributed by atoms with van der Waals surface area (Å²) in [4.78, 5) is 18.2. The number of nitrogens with zero attached hydrogens (tertiary/aromatic N) is 2. The van der Waals surface area contributed by atoms with Crippen LogP contribution in [0.15, 0.2) is 16.3 Å². The maximum Gasteiger partial charge on any atom is 0.168 e. The molecule has 4 heteroatoms. The lowest BCUT2D eigenvalue weighted by Gasteiger charge is -2.28. The van der Waals surface area contributed by atoms with E-state index in [-0.39, 0.29) is 17.0 Å². The summed E-state index contributed by atoms with van der Waals surface area (Å²) in [6.07, 6.45) is 3.54. The molecule has 0 radical (unpaired) electrons. The molecular formula is C14H24N2O2. The van der Waals surface area contributed by atoms with Crippen LogP contribution < -0.4 is 0 Å². The Morgan fingerprint density at radius 3 is 2.61 bits per heavy atom. The van der Waals surface area contributed by atoms with Gasteiger partial charge < -0.3 is 10.0 Å². The molecule has 0 aromatic rings. The Morgan fingerprint density at radius 2 is 2.06 bits per heavy atom. The number of rotatable bonds is 5. The van der Waals surface area contributed by atoms with Gasteiger partial charge in [-0.05, 0) is 32.5 Å². The molecule has 18 heavy (non-hydrogen) atoms. The van der Waals surface area contributed by atoms with E-state index >= 15 is 0 Å². The number of hydrogen-bond donors (Lipinski definition) is 1. The summed E-state index contributed by atoms with van der Waals surface area (Å²) < 4.78 is 0. The van der Waals surface area contributed by atoms with E-state index in [2.05, 4.69) is 9.89 Å². The lowest BCUT2D eigenvalue weighted by atomic mass is 9.77. The van der Waals surface area contributed by atoms with E-state index in [1.54, 1.807) is 6.21 Å². The largest absolute Gasteiger partial charge is 0.511 e. The predicted octanol–water partition coefficient (Wildman–Crippen LogP) is 2.21. The van der Waals surface area contributed by atoms with E-state index in [1.807, 2.05) is 27.9 Å². The van der Waals surface area contributed by atoms with Gasteiger partial charge in [0.2, 0.25) is 0 Å². The minimum Gasteiger partial charge on any atom is -0.511 e. The summed E-state index contributed by atoms with van der Waals surface area (Å²) in [5, 5.41) is 9.88. The van der Waals surface area contributed by atoms with Gasteiger partial charge in [0.15, 0.2) is 5.78 Å². The number of aliphatic hydroxyl groups is 1. The van der Waals surface area contributed by atoms with Gasteiger partial charge in [-0.25, -0.2) is 0 Å². The summed E-state index contributed by atoms with van der Waals surface area (Å²) >= 11 is 0. The second kappa shape index (κ2) is 6.14. The average Bonchev–Trinajstić information content (AvgIpc) is 2.18. The molecule has 0 atom stereocenters. The molecule has 1 N–H and O–H groups in total. The number of ketones is 1. The number of carbonyl (C=O) groups is 1. The summed E-state index contributed by atoms with van der Waals surface area (Å²) in [6.45, 7) is 5.65. The molecule has 0 fully saturated rings. The van der Waals surface area contributed by atoms with E-state index in [0.29, 0.717) is 25.0 Å². The smallest absolute Gasteiger partial charge is 0.168 e. The van der Waals surface area contributed by atoms with Crippen LogP contribution in [0.5, 0.6) is 0 Å². The molecule has 0 aromatic carbocycles. The van der Waals surface area contributed by atoms with Crippen LogP contribution in [0.25, 0.3) is 0 Å². The van der Waals surface area contributed by atoms with Gasteiger partial charge in [0, 0.05) is 25.6 Å². The zero-order chi connectivity index (χ0) is 13.8. The van der Waals surface area contributed by atoms with Crippen LogP contribution in [0.4, 0.5) is 0 Å². The molecule has 0 heterocycles. The fraction of sp³-hybridized carbons (Fsp3) is 0.714. The third-order valence-corrected chi connectivity index (χ3v) is 3.01. The van der Waals surface area contributed by atoms with Gasteiger partial charge >= 0.3 is 0 Å². The molecule has 0 bridgehead atoms. The predicted molar refractivity (Wildman–Crippen MR) is 74.2 cm³/mol. The van der Waals surface area contributed by atoms with Crippen LogP contribution in [0.3, 0.4) is 0 Å². The normalized spacial score (nSPS) is 20.2. The fourth-order valence-electron chi connectivity index (χ4n) is 2.08. The zero-order valence-corrected chi connectivity index (χ0v) is 11.9. The highest BCUT2D eigenvalue weighted by atomic mass is 16.3. The second-order valence-corrected chi connectivity index (χ2v) is 5.99.